The number of halogens is 1. The lowest BCUT2D eigenvalue weighted by Gasteiger charge is -2.15. The van der Waals surface area contributed by atoms with E-state index >= 15 is 0 Å². The van der Waals surface area contributed by atoms with Crippen LogP contribution in [0.5, 0.6) is 0 Å². The lowest BCUT2D eigenvalue weighted by Crippen LogP contribution is -2.29. The second-order valence-electron chi connectivity index (χ2n) is 3.93. The van der Waals surface area contributed by atoms with Crippen LogP contribution in [0, 0.1) is 5.92 Å². The van der Waals surface area contributed by atoms with Gasteiger partial charge in [-0.1, -0.05) is 17.7 Å². The number of aromatic nitrogens is 1. The highest BCUT2D eigenvalue weighted by atomic mass is 35.5. The van der Waals surface area contributed by atoms with E-state index in [2.05, 4.69) is 4.98 Å². The van der Waals surface area contributed by atoms with E-state index in [1.807, 2.05) is 0 Å². The number of carbonyl (C=O) groups is 1. The Morgan fingerprint density at radius 3 is 3.06 bits per heavy atom. The maximum atomic E-state index is 12.0. The zero-order chi connectivity index (χ0) is 11.5. The Morgan fingerprint density at radius 2 is 2.44 bits per heavy atom. The molecule has 1 fully saturated rings. The van der Waals surface area contributed by atoms with Gasteiger partial charge in [-0.2, -0.15) is 0 Å². The molecule has 0 saturated carbocycles. The fraction of sp³-hybridized carbons (Fsp3) is 0.455. The van der Waals surface area contributed by atoms with Gasteiger partial charge in [-0.3, -0.25) is 4.79 Å². The van der Waals surface area contributed by atoms with Gasteiger partial charge in [0.15, 0.2) is 0 Å². The van der Waals surface area contributed by atoms with Gasteiger partial charge in [-0.05, 0) is 18.6 Å². The summed E-state index contributed by atoms with van der Waals surface area (Å²) in [6.45, 7) is 1.41. The number of aliphatic hydroxyl groups excluding tert-OH is 1. The minimum Gasteiger partial charge on any atom is -0.396 e. The molecule has 1 amide bonds. The molecule has 0 aromatic carbocycles. The van der Waals surface area contributed by atoms with Crippen LogP contribution in [0.1, 0.15) is 16.9 Å². The average Bonchev–Trinajstić information content (AvgIpc) is 2.76. The third-order valence-electron chi connectivity index (χ3n) is 2.77. The molecule has 1 aromatic heterocycles. The van der Waals surface area contributed by atoms with Crippen LogP contribution in [0.15, 0.2) is 18.2 Å². The monoisotopic (exact) mass is 240 g/mol. The lowest BCUT2D eigenvalue weighted by atomic mass is 10.1. The topological polar surface area (TPSA) is 53.4 Å². The summed E-state index contributed by atoms with van der Waals surface area (Å²) in [5, 5.41) is 9.33. The van der Waals surface area contributed by atoms with Crippen molar-refractivity contribution in [2.75, 3.05) is 19.7 Å². The third-order valence-corrected chi connectivity index (χ3v) is 2.98. The normalized spacial score (nSPS) is 20.1. The van der Waals surface area contributed by atoms with E-state index in [0.717, 1.165) is 6.42 Å². The number of amides is 1. The van der Waals surface area contributed by atoms with Gasteiger partial charge in [0, 0.05) is 25.6 Å². The summed E-state index contributed by atoms with van der Waals surface area (Å²) in [7, 11) is 0. The van der Waals surface area contributed by atoms with Gasteiger partial charge in [0.05, 0.1) is 0 Å². The summed E-state index contributed by atoms with van der Waals surface area (Å²) in [6.07, 6.45) is 0.850. The third kappa shape index (κ3) is 2.33. The highest BCUT2D eigenvalue weighted by molar-refractivity contribution is 6.29. The Bertz CT molecular complexity index is 397. The van der Waals surface area contributed by atoms with Crippen molar-refractivity contribution in [3.63, 3.8) is 0 Å². The van der Waals surface area contributed by atoms with Gasteiger partial charge < -0.3 is 10.0 Å². The Hall–Kier alpha value is -1.13. The molecule has 1 atom stereocenters. The van der Waals surface area contributed by atoms with Crippen LogP contribution < -0.4 is 0 Å². The zero-order valence-corrected chi connectivity index (χ0v) is 9.52. The summed E-state index contributed by atoms with van der Waals surface area (Å²) in [5.41, 5.74) is 0.367. The number of rotatable bonds is 2. The van der Waals surface area contributed by atoms with Gasteiger partial charge >= 0.3 is 0 Å². The number of hydrogen-bond acceptors (Lipinski definition) is 3. The Kier molecular flexibility index (Phi) is 3.41. The van der Waals surface area contributed by atoms with E-state index in [-0.39, 0.29) is 18.4 Å². The smallest absolute Gasteiger partial charge is 0.272 e. The molecule has 1 aromatic rings. The second-order valence-corrected chi connectivity index (χ2v) is 4.32. The molecule has 1 aliphatic rings. The van der Waals surface area contributed by atoms with Crippen molar-refractivity contribution in [1.82, 2.24) is 9.88 Å². The lowest BCUT2D eigenvalue weighted by molar-refractivity contribution is 0.0776. The summed E-state index contributed by atoms with van der Waals surface area (Å²) >= 11 is 5.73. The van der Waals surface area contributed by atoms with E-state index in [1.54, 1.807) is 23.1 Å². The first-order valence-corrected chi connectivity index (χ1v) is 5.61. The van der Waals surface area contributed by atoms with Crippen LogP contribution in [0.4, 0.5) is 0 Å². The first-order valence-electron chi connectivity index (χ1n) is 5.23. The maximum absolute atomic E-state index is 12.0. The SMILES string of the molecule is O=C(c1cccc(Cl)n1)N1CCC(CO)C1. The molecule has 86 valence electrons. The van der Waals surface area contributed by atoms with Crippen LogP contribution >= 0.6 is 11.6 Å². The highest BCUT2D eigenvalue weighted by Crippen LogP contribution is 2.18. The van der Waals surface area contributed by atoms with Crippen LogP contribution in [-0.4, -0.2) is 40.6 Å². The molecule has 0 radical (unpaired) electrons. The van der Waals surface area contributed by atoms with Crippen molar-refractivity contribution in [3.05, 3.63) is 29.0 Å². The minimum absolute atomic E-state index is 0.113. The molecule has 16 heavy (non-hydrogen) atoms. The van der Waals surface area contributed by atoms with Crippen LogP contribution in [0.2, 0.25) is 5.15 Å². The number of likely N-dealkylation sites (tertiary alicyclic amines) is 1. The molecular weight excluding hydrogens is 228 g/mol. The molecule has 1 aliphatic heterocycles. The molecular formula is C11H13ClN2O2. The molecule has 5 heteroatoms. The van der Waals surface area contributed by atoms with E-state index in [1.165, 1.54) is 0 Å². The molecule has 0 bridgehead atoms. The number of aliphatic hydroxyl groups is 1. The number of carbonyl (C=O) groups excluding carboxylic acids is 1. The highest BCUT2D eigenvalue weighted by Gasteiger charge is 2.26. The van der Waals surface area contributed by atoms with Crippen molar-refractivity contribution < 1.29 is 9.90 Å². The molecule has 1 unspecified atom stereocenters. The summed E-state index contributed by atoms with van der Waals surface area (Å²) in [6, 6.07) is 5.00. The number of nitrogens with zero attached hydrogens (tertiary/aromatic N) is 2. The van der Waals surface area contributed by atoms with Gasteiger partial charge in [-0.15, -0.1) is 0 Å². The average molecular weight is 241 g/mol. The fourth-order valence-electron chi connectivity index (χ4n) is 1.86. The minimum atomic E-state index is -0.113. The standard InChI is InChI=1S/C11H13ClN2O2/c12-10-3-1-2-9(13-10)11(16)14-5-4-8(6-14)7-15/h1-3,8,15H,4-7H2. The van der Waals surface area contributed by atoms with Gasteiger partial charge in [0.2, 0.25) is 0 Å². The first-order chi connectivity index (χ1) is 7.70. The predicted octanol–water partition coefficient (Wildman–Crippen LogP) is 1.19. The second kappa shape index (κ2) is 4.80. The molecule has 1 N–H and O–H groups in total. The first kappa shape index (κ1) is 11.4. The fourth-order valence-corrected chi connectivity index (χ4v) is 2.02. The summed E-state index contributed by atoms with van der Waals surface area (Å²) < 4.78 is 0. The van der Waals surface area contributed by atoms with Crippen LogP contribution in [0.3, 0.4) is 0 Å². The number of hydrogen-bond donors (Lipinski definition) is 1. The van der Waals surface area contributed by atoms with Crippen molar-refractivity contribution in [2.45, 2.75) is 6.42 Å². The number of pyridine rings is 1. The van der Waals surface area contributed by atoms with E-state index < -0.39 is 0 Å². The van der Waals surface area contributed by atoms with Crippen molar-refractivity contribution in [1.29, 1.82) is 0 Å². The van der Waals surface area contributed by atoms with E-state index in [0.29, 0.717) is 23.9 Å². The van der Waals surface area contributed by atoms with Crippen molar-refractivity contribution in [2.24, 2.45) is 5.92 Å². The molecule has 0 spiro atoms. The Balaban J connectivity index is 2.08. The molecule has 2 heterocycles. The summed E-state index contributed by atoms with van der Waals surface area (Å²) in [5.74, 6) is 0.0848. The Labute approximate surface area is 98.9 Å². The van der Waals surface area contributed by atoms with Crippen molar-refractivity contribution in [3.8, 4) is 0 Å². The molecule has 2 rings (SSSR count). The summed E-state index contributed by atoms with van der Waals surface area (Å²) in [4.78, 5) is 17.7. The van der Waals surface area contributed by atoms with Gasteiger partial charge in [0.1, 0.15) is 10.8 Å². The van der Waals surface area contributed by atoms with Crippen LogP contribution in [-0.2, 0) is 0 Å². The molecule has 1 saturated heterocycles. The zero-order valence-electron chi connectivity index (χ0n) is 8.77. The van der Waals surface area contributed by atoms with Crippen molar-refractivity contribution >= 4 is 17.5 Å². The predicted molar refractivity (Wildman–Crippen MR) is 60.3 cm³/mol. The quantitative estimate of drug-likeness (QED) is 0.790. The molecule has 4 nitrogen and oxygen atoms in total. The van der Waals surface area contributed by atoms with E-state index in [9.17, 15) is 4.79 Å². The van der Waals surface area contributed by atoms with Gasteiger partial charge in [0.25, 0.3) is 5.91 Å². The van der Waals surface area contributed by atoms with Crippen LogP contribution in [0.25, 0.3) is 0 Å². The largest absolute Gasteiger partial charge is 0.396 e. The van der Waals surface area contributed by atoms with E-state index in [4.69, 9.17) is 16.7 Å². The maximum Gasteiger partial charge on any atom is 0.272 e. The Morgan fingerprint density at radius 1 is 1.62 bits per heavy atom. The molecule has 0 aliphatic carbocycles. The van der Waals surface area contributed by atoms with Gasteiger partial charge in [-0.25, -0.2) is 4.98 Å².